The minimum atomic E-state index is -0.530. The number of carbonyl (C=O) groups excluding carboxylic acids is 3. The molecule has 0 fully saturated rings. The Morgan fingerprint density at radius 2 is 1.77 bits per heavy atom. The summed E-state index contributed by atoms with van der Waals surface area (Å²) >= 11 is 0. The first-order valence-electron chi connectivity index (χ1n) is 9.04. The highest BCUT2D eigenvalue weighted by Crippen LogP contribution is 2.21. The number of benzene rings is 2. The Hall–Kier alpha value is -3.88. The van der Waals surface area contributed by atoms with Gasteiger partial charge in [-0.15, -0.1) is 0 Å². The van der Waals surface area contributed by atoms with Crippen LogP contribution in [0, 0.1) is 12.3 Å². The summed E-state index contributed by atoms with van der Waals surface area (Å²) in [6.45, 7) is 1.65. The smallest absolute Gasteiger partial charge is 0.337 e. The van der Waals surface area contributed by atoms with E-state index < -0.39 is 11.9 Å². The van der Waals surface area contributed by atoms with E-state index in [1.807, 2.05) is 0 Å². The summed E-state index contributed by atoms with van der Waals surface area (Å²) in [5.41, 5.74) is 7.87. The molecule has 0 heterocycles. The second-order valence-electron chi connectivity index (χ2n) is 6.46. The summed E-state index contributed by atoms with van der Waals surface area (Å²) in [5, 5.41) is 12.8. The minimum absolute atomic E-state index is 0.0988. The Kier molecular flexibility index (Phi) is 7.51. The van der Waals surface area contributed by atoms with E-state index >= 15 is 0 Å². The van der Waals surface area contributed by atoms with Gasteiger partial charge in [-0.2, -0.15) is 0 Å². The van der Waals surface area contributed by atoms with Crippen LogP contribution < -0.4 is 21.1 Å². The quantitative estimate of drug-likeness (QED) is 0.291. The number of methoxy groups -OCH3 is 1. The van der Waals surface area contributed by atoms with Gasteiger partial charge in [0.2, 0.25) is 0 Å². The average molecular weight is 412 g/mol. The molecule has 158 valence electrons. The Balaban J connectivity index is 2.20. The van der Waals surface area contributed by atoms with Crippen molar-refractivity contribution < 1.29 is 23.9 Å². The summed E-state index contributed by atoms with van der Waals surface area (Å²) in [4.78, 5) is 35.9. The molecule has 2 rings (SSSR count). The van der Waals surface area contributed by atoms with Crippen LogP contribution in [-0.4, -0.2) is 44.4 Å². The number of rotatable bonds is 8. The summed E-state index contributed by atoms with van der Waals surface area (Å²) in [6, 6.07) is 9.56. The summed E-state index contributed by atoms with van der Waals surface area (Å²) in [6.07, 6.45) is 0. The molecule has 0 atom stereocenters. The molecule has 5 N–H and O–H groups in total. The first kappa shape index (κ1) is 22.4. The summed E-state index contributed by atoms with van der Waals surface area (Å²) in [7, 11) is 2.76. The van der Waals surface area contributed by atoms with Crippen molar-refractivity contribution in [3.8, 4) is 5.75 Å². The van der Waals surface area contributed by atoms with Gasteiger partial charge in [0.25, 0.3) is 11.8 Å². The van der Waals surface area contributed by atoms with Crippen LogP contribution in [-0.2, 0) is 16.1 Å². The third kappa shape index (κ3) is 5.81. The third-order valence-electron chi connectivity index (χ3n) is 4.22. The van der Waals surface area contributed by atoms with E-state index in [1.165, 1.54) is 26.3 Å². The Bertz CT molecular complexity index is 987. The molecule has 9 nitrogen and oxygen atoms in total. The van der Waals surface area contributed by atoms with Crippen LogP contribution in [0.5, 0.6) is 5.75 Å². The van der Waals surface area contributed by atoms with Crippen molar-refractivity contribution >= 4 is 23.6 Å². The van der Waals surface area contributed by atoms with Crippen molar-refractivity contribution in [2.24, 2.45) is 5.73 Å². The lowest BCUT2D eigenvalue weighted by molar-refractivity contribution is -0.122. The fourth-order valence-electron chi connectivity index (χ4n) is 2.65. The van der Waals surface area contributed by atoms with Gasteiger partial charge < -0.3 is 25.8 Å². The zero-order chi connectivity index (χ0) is 22.3. The predicted octanol–water partition coefficient (Wildman–Crippen LogP) is 1.12. The molecule has 2 aromatic rings. The molecule has 0 aliphatic rings. The molecule has 30 heavy (non-hydrogen) atoms. The molecule has 0 spiro atoms. The van der Waals surface area contributed by atoms with Crippen molar-refractivity contribution in [1.82, 2.24) is 10.6 Å². The number of nitrogen functional groups attached to an aromatic ring is 1. The van der Waals surface area contributed by atoms with E-state index in [2.05, 4.69) is 10.6 Å². The van der Waals surface area contributed by atoms with Crippen molar-refractivity contribution in [2.75, 3.05) is 20.8 Å². The maximum Gasteiger partial charge on any atom is 0.337 e. The van der Waals surface area contributed by atoms with Crippen molar-refractivity contribution in [1.29, 1.82) is 5.41 Å². The average Bonchev–Trinajstić information content (AvgIpc) is 2.74. The highest BCUT2D eigenvalue weighted by molar-refractivity contribution is 5.98. The number of ether oxygens (including phenoxy) is 2. The molecule has 0 aliphatic carbocycles. The molecule has 0 radical (unpaired) electrons. The molecule has 2 amide bonds. The van der Waals surface area contributed by atoms with Crippen LogP contribution >= 0.6 is 0 Å². The largest absolute Gasteiger partial charge is 0.483 e. The zero-order valence-electron chi connectivity index (χ0n) is 17.0. The number of esters is 1. The fourth-order valence-corrected chi connectivity index (χ4v) is 2.65. The topological polar surface area (TPSA) is 144 Å². The number of carbonyl (C=O) groups is 3. The predicted molar refractivity (Wildman–Crippen MR) is 111 cm³/mol. The van der Waals surface area contributed by atoms with Crippen LogP contribution in [0.1, 0.15) is 37.4 Å². The molecule has 0 unspecified atom stereocenters. The number of likely N-dealkylation sites (N-methyl/N-ethyl adjacent to an activating group) is 1. The zero-order valence-corrected chi connectivity index (χ0v) is 17.0. The second kappa shape index (κ2) is 10.1. The van der Waals surface area contributed by atoms with Gasteiger partial charge in [-0.1, -0.05) is 12.1 Å². The van der Waals surface area contributed by atoms with Crippen LogP contribution in [0.3, 0.4) is 0 Å². The standard InChI is InChI=1S/C21H24N4O5/c1-12-6-15(8-16(7-12)21(28)29-3)20(27)25-10-14-5-4-13(19(22)23)9-17(14)30-11-18(26)24-2/h4-9H,10-11H2,1-3H3,(H3,22,23)(H,24,26)(H,25,27). The minimum Gasteiger partial charge on any atom is -0.483 e. The SMILES string of the molecule is CNC(=O)COc1cc(C(=N)N)ccc1CNC(=O)c1cc(C)cc(C(=O)OC)c1. The molecular formula is C21H24N4O5. The number of nitrogens with one attached hydrogen (secondary N) is 3. The second-order valence-corrected chi connectivity index (χ2v) is 6.46. The van der Waals surface area contributed by atoms with Gasteiger partial charge in [0, 0.05) is 30.3 Å². The number of hydrogen-bond acceptors (Lipinski definition) is 6. The van der Waals surface area contributed by atoms with Crippen molar-refractivity contribution in [2.45, 2.75) is 13.5 Å². The van der Waals surface area contributed by atoms with Gasteiger partial charge in [0.15, 0.2) is 6.61 Å². The number of amides is 2. The van der Waals surface area contributed by atoms with Crippen LogP contribution in [0.25, 0.3) is 0 Å². The molecule has 0 aromatic heterocycles. The van der Waals surface area contributed by atoms with Crippen molar-refractivity contribution in [3.63, 3.8) is 0 Å². The van der Waals surface area contributed by atoms with Gasteiger partial charge in [0.05, 0.1) is 12.7 Å². The van der Waals surface area contributed by atoms with Crippen LogP contribution in [0.4, 0.5) is 0 Å². The van der Waals surface area contributed by atoms with Gasteiger partial charge in [-0.25, -0.2) is 4.79 Å². The summed E-state index contributed by atoms with van der Waals surface area (Å²) < 4.78 is 10.2. The maximum absolute atomic E-state index is 12.6. The van der Waals surface area contributed by atoms with Crippen LogP contribution in [0.15, 0.2) is 36.4 Å². The molecule has 0 saturated carbocycles. The van der Waals surface area contributed by atoms with E-state index in [-0.39, 0.29) is 30.5 Å². The van der Waals surface area contributed by atoms with Gasteiger partial charge in [0.1, 0.15) is 11.6 Å². The van der Waals surface area contributed by atoms with Gasteiger partial charge in [-0.05, 0) is 36.8 Å². The van der Waals surface area contributed by atoms with E-state index in [0.29, 0.717) is 22.4 Å². The Labute approximate surface area is 174 Å². The highest BCUT2D eigenvalue weighted by Gasteiger charge is 2.14. The van der Waals surface area contributed by atoms with E-state index in [4.69, 9.17) is 20.6 Å². The van der Waals surface area contributed by atoms with Gasteiger partial charge >= 0.3 is 5.97 Å². The molecular weight excluding hydrogens is 388 g/mol. The maximum atomic E-state index is 12.6. The third-order valence-corrected chi connectivity index (χ3v) is 4.22. The van der Waals surface area contributed by atoms with E-state index in [1.54, 1.807) is 31.2 Å². The first-order chi connectivity index (χ1) is 14.2. The Morgan fingerprint density at radius 3 is 2.40 bits per heavy atom. The fraction of sp³-hybridized carbons (Fsp3) is 0.238. The monoisotopic (exact) mass is 412 g/mol. The van der Waals surface area contributed by atoms with E-state index in [9.17, 15) is 14.4 Å². The highest BCUT2D eigenvalue weighted by atomic mass is 16.5. The number of amidine groups is 1. The number of hydrogen-bond donors (Lipinski definition) is 4. The number of aryl methyl sites for hydroxylation is 1. The van der Waals surface area contributed by atoms with Crippen LogP contribution in [0.2, 0.25) is 0 Å². The molecule has 0 aliphatic heterocycles. The molecule has 0 bridgehead atoms. The lowest BCUT2D eigenvalue weighted by Crippen LogP contribution is -2.26. The Morgan fingerprint density at radius 1 is 1.07 bits per heavy atom. The first-order valence-corrected chi connectivity index (χ1v) is 9.04. The normalized spacial score (nSPS) is 10.1. The van der Waals surface area contributed by atoms with Gasteiger partial charge in [-0.3, -0.25) is 15.0 Å². The number of nitrogens with two attached hydrogens (primary N) is 1. The lowest BCUT2D eigenvalue weighted by atomic mass is 10.1. The molecule has 0 saturated heterocycles. The van der Waals surface area contributed by atoms with E-state index in [0.717, 1.165) is 5.56 Å². The molecule has 9 heteroatoms. The lowest BCUT2D eigenvalue weighted by Gasteiger charge is -2.14. The van der Waals surface area contributed by atoms with Crippen molar-refractivity contribution in [3.05, 3.63) is 64.2 Å². The summed E-state index contributed by atoms with van der Waals surface area (Å²) in [5.74, 6) is -1.07. The molecule has 2 aromatic carbocycles.